The highest BCUT2D eigenvalue weighted by molar-refractivity contribution is 6.00. The number of amides is 2. The Morgan fingerprint density at radius 3 is 2.76 bits per heavy atom. The zero-order chi connectivity index (χ0) is 15.0. The summed E-state index contributed by atoms with van der Waals surface area (Å²) in [5.74, 6) is -3.00. The zero-order valence-electron chi connectivity index (χ0n) is 11.2. The van der Waals surface area contributed by atoms with E-state index >= 15 is 0 Å². The molecule has 2 aliphatic heterocycles. The zero-order valence-corrected chi connectivity index (χ0v) is 11.2. The maximum Gasteiger partial charge on any atom is 0.251 e. The van der Waals surface area contributed by atoms with Gasteiger partial charge in [0, 0.05) is 24.7 Å². The fourth-order valence-corrected chi connectivity index (χ4v) is 2.60. The van der Waals surface area contributed by atoms with Crippen LogP contribution < -0.4 is 4.90 Å². The van der Waals surface area contributed by atoms with Crippen molar-refractivity contribution < 1.29 is 23.2 Å². The van der Waals surface area contributed by atoms with E-state index in [0.717, 1.165) is 18.6 Å². The summed E-state index contributed by atoms with van der Waals surface area (Å²) in [5.41, 5.74) is 0.261. The number of rotatable bonds is 2. The Morgan fingerprint density at radius 2 is 2.10 bits per heavy atom. The van der Waals surface area contributed by atoms with E-state index in [4.69, 9.17) is 4.84 Å². The van der Waals surface area contributed by atoms with Crippen molar-refractivity contribution in [1.82, 2.24) is 5.06 Å². The number of nitrogens with zero attached hydrogens (tertiary/aromatic N) is 2. The summed E-state index contributed by atoms with van der Waals surface area (Å²) in [4.78, 5) is 30.7. The van der Waals surface area contributed by atoms with Gasteiger partial charge in [0.15, 0.2) is 11.6 Å². The van der Waals surface area contributed by atoms with Gasteiger partial charge in [0.2, 0.25) is 5.91 Å². The van der Waals surface area contributed by atoms with Gasteiger partial charge < -0.3 is 4.90 Å². The van der Waals surface area contributed by atoms with Gasteiger partial charge in [0.1, 0.15) is 0 Å². The lowest BCUT2D eigenvalue weighted by Gasteiger charge is -2.19. The van der Waals surface area contributed by atoms with E-state index in [9.17, 15) is 18.4 Å². The summed E-state index contributed by atoms with van der Waals surface area (Å²) in [7, 11) is 0. The molecule has 0 N–H and O–H groups in total. The summed E-state index contributed by atoms with van der Waals surface area (Å²) in [6, 6.07) is 3.26. The molecule has 5 nitrogen and oxygen atoms in total. The Hall–Kier alpha value is -2.02. The minimum Gasteiger partial charge on any atom is -0.311 e. The minimum absolute atomic E-state index is 0.0533. The Balaban J connectivity index is 1.74. The third-order valence-corrected chi connectivity index (χ3v) is 3.69. The molecule has 2 aliphatic rings. The fraction of sp³-hybridized carbons (Fsp3) is 0.429. The molecule has 2 fully saturated rings. The van der Waals surface area contributed by atoms with Crippen molar-refractivity contribution in [2.75, 3.05) is 24.6 Å². The molecule has 0 aromatic heterocycles. The van der Waals surface area contributed by atoms with Gasteiger partial charge in [-0.1, -0.05) is 0 Å². The van der Waals surface area contributed by atoms with E-state index in [2.05, 4.69) is 0 Å². The van der Waals surface area contributed by atoms with Crippen LogP contribution in [0.2, 0.25) is 0 Å². The molecule has 0 radical (unpaired) electrons. The molecule has 1 aromatic rings. The molecule has 0 spiro atoms. The van der Waals surface area contributed by atoms with Crippen LogP contribution in [0.1, 0.15) is 12.8 Å². The van der Waals surface area contributed by atoms with Crippen LogP contribution in [0.4, 0.5) is 14.5 Å². The van der Waals surface area contributed by atoms with Crippen molar-refractivity contribution in [1.29, 1.82) is 0 Å². The molecule has 0 aliphatic carbocycles. The molecule has 0 bridgehead atoms. The molecular weight excluding hydrogens is 282 g/mol. The van der Waals surface area contributed by atoms with Crippen molar-refractivity contribution in [3.63, 3.8) is 0 Å². The number of halogens is 2. The largest absolute Gasteiger partial charge is 0.311 e. The van der Waals surface area contributed by atoms with Crippen LogP contribution in [-0.2, 0) is 14.4 Å². The van der Waals surface area contributed by atoms with Crippen molar-refractivity contribution >= 4 is 17.5 Å². The molecule has 112 valence electrons. The summed E-state index contributed by atoms with van der Waals surface area (Å²) >= 11 is 0. The monoisotopic (exact) mass is 296 g/mol. The third kappa shape index (κ3) is 2.61. The van der Waals surface area contributed by atoms with Gasteiger partial charge in [0.25, 0.3) is 5.91 Å². The number of carbonyl (C=O) groups excluding carboxylic acids is 2. The van der Waals surface area contributed by atoms with Gasteiger partial charge >= 0.3 is 0 Å². The second-order valence-electron chi connectivity index (χ2n) is 5.13. The number of hydrogen-bond acceptors (Lipinski definition) is 3. The minimum atomic E-state index is -1.02. The van der Waals surface area contributed by atoms with E-state index in [1.54, 1.807) is 0 Å². The van der Waals surface area contributed by atoms with Crippen molar-refractivity contribution in [3.8, 4) is 0 Å². The van der Waals surface area contributed by atoms with E-state index in [-0.39, 0.29) is 30.5 Å². The second kappa shape index (κ2) is 5.40. The highest BCUT2D eigenvalue weighted by Crippen LogP contribution is 2.28. The quantitative estimate of drug-likeness (QED) is 0.830. The highest BCUT2D eigenvalue weighted by Gasteiger charge is 2.38. The molecule has 21 heavy (non-hydrogen) atoms. The fourth-order valence-electron chi connectivity index (χ4n) is 2.60. The van der Waals surface area contributed by atoms with E-state index in [1.165, 1.54) is 16.0 Å². The number of carbonyl (C=O) groups is 2. The Kier molecular flexibility index (Phi) is 3.59. The van der Waals surface area contributed by atoms with E-state index < -0.39 is 17.6 Å². The van der Waals surface area contributed by atoms with Crippen LogP contribution in [-0.4, -0.2) is 36.6 Å². The first-order chi connectivity index (χ1) is 10.1. The second-order valence-corrected chi connectivity index (χ2v) is 5.13. The van der Waals surface area contributed by atoms with Gasteiger partial charge in [0.05, 0.1) is 19.1 Å². The molecule has 0 saturated carbocycles. The van der Waals surface area contributed by atoms with Crippen molar-refractivity contribution in [2.24, 2.45) is 5.92 Å². The number of benzene rings is 1. The Labute approximate surface area is 120 Å². The summed E-state index contributed by atoms with van der Waals surface area (Å²) in [6.07, 6.45) is 0.830. The van der Waals surface area contributed by atoms with Crippen LogP contribution >= 0.6 is 0 Å². The summed E-state index contributed by atoms with van der Waals surface area (Å²) in [6.45, 7) is 1.18. The first-order valence-corrected chi connectivity index (χ1v) is 6.76. The first kappa shape index (κ1) is 13.9. The average molecular weight is 296 g/mol. The molecule has 2 saturated heterocycles. The molecule has 7 heteroatoms. The van der Waals surface area contributed by atoms with Gasteiger partial charge in [-0.15, -0.1) is 0 Å². The highest BCUT2D eigenvalue weighted by atomic mass is 19.2. The summed E-state index contributed by atoms with van der Waals surface area (Å²) in [5, 5.41) is 1.28. The topological polar surface area (TPSA) is 49.9 Å². The van der Waals surface area contributed by atoms with Crippen LogP contribution in [0.15, 0.2) is 18.2 Å². The summed E-state index contributed by atoms with van der Waals surface area (Å²) < 4.78 is 26.2. The standard InChI is InChI=1S/C14H14F2N2O3/c15-11-3-2-10(7-12(11)16)17-8-9(6-13(17)19)14(20)18-4-1-5-21-18/h2-3,7,9H,1,4-6,8H2/t9-/m0/s1. The molecule has 1 aromatic carbocycles. The predicted molar refractivity (Wildman–Crippen MR) is 69.1 cm³/mol. The van der Waals surface area contributed by atoms with Crippen molar-refractivity contribution in [2.45, 2.75) is 12.8 Å². The number of hydrogen-bond donors (Lipinski definition) is 0. The van der Waals surface area contributed by atoms with E-state index in [1.807, 2.05) is 0 Å². The smallest absolute Gasteiger partial charge is 0.251 e. The van der Waals surface area contributed by atoms with E-state index in [0.29, 0.717) is 13.2 Å². The lowest BCUT2D eigenvalue weighted by Crippen LogP contribution is -2.34. The maximum atomic E-state index is 13.3. The normalized spacial score (nSPS) is 22.2. The first-order valence-electron chi connectivity index (χ1n) is 6.76. The molecule has 2 heterocycles. The molecular formula is C14H14F2N2O3. The molecule has 3 rings (SSSR count). The average Bonchev–Trinajstić information content (AvgIpc) is 3.10. The third-order valence-electron chi connectivity index (χ3n) is 3.69. The Bertz CT molecular complexity index is 588. The molecule has 0 unspecified atom stereocenters. The predicted octanol–water partition coefficient (Wildman–Crippen LogP) is 1.48. The van der Waals surface area contributed by atoms with Crippen LogP contribution in [0.3, 0.4) is 0 Å². The van der Waals surface area contributed by atoms with Gasteiger partial charge in [-0.25, -0.2) is 13.8 Å². The molecule has 1 atom stereocenters. The number of hydroxylamine groups is 2. The Morgan fingerprint density at radius 1 is 1.29 bits per heavy atom. The van der Waals surface area contributed by atoms with Gasteiger partial charge in [-0.3, -0.25) is 14.4 Å². The van der Waals surface area contributed by atoms with Gasteiger partial charge in [-0.2, -0.15) is 0 Å². The van der Waals surface area contributed by atoms with Crippen molar-refractivity contribution in [3.05, 3.63) is 29.8 Å². The molecule has 2 amide bonds. The van der Waals surface area contributed by atoms with Crippen LogP contribution in [0, 0.1) is 17.6 Å². The lowest BCUT2D eigenvalue weighted by atomic mass is 10.1. The van der Waals surface area contributed by atoms with Crippen LogP contribution in [0.5, 0.6) is 0 Å². The maximum absolute atomic E-state index is 13.3. The lowest BCUT2D eigenvalue weighted by molar-refractivity contribution is -0.172. The van der Waals surface area contributed by atoms with Crippen LogP contribution in [0.25, 0.3) is 0 Å². The number of anilines is 1. The SMILES string of the molecule is O=C([C@H]1CC(=O)N(c2ccc(F)c(F)c2)C1)N1CCCO1. The van der Waals surface area contributed by atoms with Gasteiger partial charge in [-0.05, 0) is 18.6 Å².